The number of aryl methyl sites for hydroxylation is 2. The molecule has 1 amide bonds. The van der Waals surface area contributed by atoms with Crippen LogP contribution in [0.4, 0.5) is 0 Å². The van der Waals surface area contributed by atoms with Gasteiger partial charge < -0.3 is 4.90 Å². The Kier molecular flexibility index (Phi) is 4.47. The van der Waals surface area contributed by atoms with Crippen molar-refractivity contribution >= 4 is 11.6 Å². The zero-order valence-corrected chi connectivity index (χ0v) is 15.5. The van der Waals surface area contributed by atoms with Gasteiger partial charge in [-0.2, -0.15) is 0 Å². The van der Waals surface area contributed by atoms with E-state index >= 15 is 0 Å². The molecule has 0 aromatic carbocycles. The summed E-state index contributed by atoms with van der Waals surface area (Å²) >= 11 is 0. The molecule has 1 saturated heterocycles. The highest BCUT2D eigenvalue weighted by molar-refractivity contribution is 5.80. The van der Waals surface area contributed by atoms with E-state index in [0.29, 0.717) is 18.0 Å². The molecule has 0 spiro atoms. The van der Waals surface area contributed by atoms with Crippen LogP contribution in [0.15, 0.2) is 29.3 Å². The zero-order chi connectivity index (χ0) is 19.0. The van der Waals surface area contributed by atoms with Crippen molar-refractivity contribution in [2.75, 3.05) is 6.54 Å². The van der Waals surface area contributed by atoms with Crippen LogP contribution >= 0.6 is 0 Å². The van der Waals surface area contributed by atoms with Gasteiger partial charge in [0.05, 0.1) is 12.5 Å². The molecule has 3 aromatic rings. The molecule has 1 atom stereocenters. The van der Waals surface area contributed by atoms with Gasteiger partial charge in [0, 0.05) is 42.0 Å². The number of amides is 1. The maximum atomic E-state index is 13.2. The quantitative estimate of drug-likeness (QED) is 0.761. The number of piperidine rings is 1. The summed E-state index contributed by atoms with van der Waals surface area (Å²) in [5.41, 5.74) is 2.81. The second kappa shape index (κ2) is 6.94. The number of hydrogen-bond acceptors (Lipinski definition) is 5. The average Bonchev–Trinajstić information content (AvgIpc) is 3.06. The van der Waals surface area contributed by atoms with Gasteiger partial charge in [-0.1, -0.05) is 0 Å². The molecule has 1 unspecified atom stereocenters. The molecule has 8 nitrogen and oxygen atoms in total. The van der Waals surface area contributed by atoms with Gasteiger partial charge >= 0.3 is 0 Å². The molecule has 0 aliphatic carbocycles. The van der Waals surface area contributed by atoms with Gasteiger partial charge in [0.1, 0.15) is 0 Å². The van der Waals surface area contributed by atoms with Crippen LogP contribution in [0.2, 0.25) is 0 Å². The number of hydrogen-bond donors (Lipinski definition) is 1. The average molecular weight is 366 g/mol. The Morgan fingerprint density at radius 2 is 2.04 bits per heavy atom. The molecule has 1 N–H and O–H groups in total. The van der Waals surface area contributed by atoms with Crippen LogP contribution in [-0.4, -0.2) is 41.9 Å². The third kappa shape index (κ3) is 3.22. The minimum absolute atomic E-state index is 0.0361. The monoisotopic (exact) mass is 366 g/mol. The van der Waals surface area contributed by atoms with Crippen molar-refractivity contribution in [3.05, 3.63) is 57.7 Å². The van der Waals surface area contributed by atoms with Crippen LogP contribution in [0.25, 0.3) is 5.65 Å². The number of aromatic nitrogens is 5. The minimum Gasteiger partial charge on any atom is -0.332 e. The summed E-state index contributed by atoms with van der Waals surface area (Å²) in [7, 11) is 0. The number of fused-ring (bicyclic) bond motifs is 1. The van der Waals surface area contributed by atoms with E-state index < -0.39 is 0 Å². The first-order valence-electron chi connectivity index (χ1n) is 9.19. The number of H-pyrrole nitrogens is 1. The van der Waals surface area contributed by atoms with Crippen LogP contribution in [-0.2, 0) is 11.2 Å². The standard InChI is InChI=1S/C19H22N6O2/c1-12-14(13(2)25-16(22-12)11-17(26)23-25)10-18(27)24-9-4-3-6-15(24)19-20-7-5-8-21-19/h5,7-8,11,15H,3-4,6,9-10H2,1-2H3,(H,23,26). The van der Waals surface area contributed by atoms with Gasteiger partial charge in [-0.05, 0) is 39.2 Å². The molecule has 0 bridgehead atoms. The molecule has 1 fully saturated rings. The Balaban J connectivity index is 1.65. The topological polar surface area (TPSA) is 96.2 Å². The number of rotatable bonds is 3. The summed E-state index contributed by atoms with van der Waals surface area (Å²) in [6.45, 7) is 4.48. The van der Waals surface area contributed by atoms with Crippen LogP contribution in [0.1, 0.15) is 48.1 Å². The van der Waals surface area contributed by atoms with Crippen LogP contribution in [0.5, 0.6) is 0 Å². The molecule has 27 heavy (non-hydrogen) atoms. The summed E-state index contributed by atoms with van der Waals surface area (Å²) in [5, 5.41) is 2.74. The van der Waals surface area contributed by atoms with Crippen molar-refractivity contribution in [3.8, 4) is 0 Å². The highest BCUT2D eigenvalue weighted by Crippen LogP contribution is 2.29. The van der Waals surface area contributed by atoms with Crippen molar-refractivity contribution in [1.29, 1.82) is 0 Å². The Labute approximate surface area is 156 Å². The fourth-order valence-electron chi connectivity index (χ4n) is 3.85. The maximum absolute atomic E-state index is 13.2. The predicted octanol–water partition coefficient (Wildman–Crippen LogP) is 1.73. The van der Waals surface area contributed by atoms with Crippen molar-refractivity contribution in [2.45, 2.75) is 45.6 Å². The minimum atomic E-state index is -0.203. The number of nitrogens with zero attached hydrogens (tertiary/aromatic N) is 5. The normalized spacial score (nSPS) is 17.4. The molecule has 3 aromatic heterocycles. The zero-order valence-electron chi connectivity index (χ0n) is 15.5. The number of carbonyl (C=O) groups excluding carboxylic acids is 1. The van der Waals surface area contributed by atoms with Crippen LogP contribution in [0, 0.1) is 13.8 Å². The van der Waals surface area contributed by atoms with Crippen LogP contribution < -0.4 is 5.56 Å². The molecular weight excluding hydrogens is 344 g/mol. The van der Waals surface area contributed by atoms with Crippen molar-refractivity contribution in [2.24, 2.45) is 0 Å². The van der Waals surface area contributed by atoms with Gasteiger partial charge in [-0.3, -0.25) is 14.7 Å². The maximum Gasteiger partial charge on any atom is 0.266 e. The first-order chi connectivity index (χ1) is 13.0. The third-order valence-electron chi connectivity index (χ3n) is 5.24. The van der Waals surface area contributed by atoms with Crippen LogP contribution in [0.3, 0.4) is 0 Å². The Hall–Kier alpha value is -3.03. The molecular formula is C19H22N6O2. The smallest absolute Gasteiger partial charge is 0.266 e. The SMILES string of the molecule is Cc1nc2cc(=O)[nH]n2c(C)c1CC(=O)N1CCCCC1c1ncccn1. The second-order valence-corrected chi connectivity index (χ2v) is 6.96. The van der Waals surface area contributed by atoms with E-state index in [9.17, 15) is 9.59 Å². The van der Waals surface area contributed by atoms with Gasteiger partial charge in [0.15, 0.2) is 11.5 Å². The Bertz CT molecular complexity index is 1040. The summed E-state index contributed by atoms with van der Waals surface area (Å²) in [5.74, 6) is 0.733. The summed E-state index contributed by atoms with van der Waals surface area (Å²) in [4.78, 5) is 39.9. The number of carbonyl (C=O) groups is 1. The molecule has 0 saturated carbocycles. The van der Waals surface area contributed by atoms with Crippen molar-refractivity contribution in [3.63, 3.8) is 0 Å². The lowest BCUT2D eigenvalue weighted by molar-refractivity contribution is -0.134. The number of likely N-dealkylation sites (tertiary alicyclic amines) is 1. The van der Waals surface area contributed by atoms with Gasteiger partial charge in [0.2, 0.25) is 5.91 Å². The van der Waals surface area contributed by atoms with E-state index in [1.807, 2.05) is 18.7 Å². The third-order valence-corrected chi connectivity index (χ3v) is 5.24. The predicted molar refractivity (Wildman–Crippen MR) is 99.3 cm³/mol. The fraction of sp³-hybridized carbons (Fsp3) is 0.421. The van der Waals surface area contributed by atoms with Gasteiger partial charge in [0.25, 0.3) is 5.56 Å². The lowest BCUT2D eigenvalue weighted by Gasteiger charge is -2.35. The fourth-order valence-corrected chi connectivity index (χ4v) is 3.85. The molecule has 140 valence electrons. The number of nitrogens with one attached hydrogen (secondary N) is 1. The molecule has 4 rings (SSSR count). The van der Waals surface area contributed by atoms with E-state index in [4.69, 9.17) is 0 Å². The first-order valence-corrected chi connectivity index (χ1v) is 9.19. The Morgan fingerprint density at radius 1 is 1.26 bits per heavy atom. The van der Waals surface area contributed by atoms with Gasteiger partial charge in [-0.15, -0.1) is 0 Å². The lowest BCUT2D eigenvalue weighted by atomic mass is 9.99. The summed E-state index contributed by atoms with van der Waals surface area (Å²) in [6.07, 6.45) is 6.58. The highest BCUT2D eigenvalue weighted by Gasteiger charge is 2.30. The van der Waals surface area contributed by atoms with E-state index in [0.717, 1.165) is 36.2 Å². The van der Waals surface area contributed by atoms with E-state index in [-0.39, 0.29) is 23.9 Å². The summed E-state index contributed by atoms with van der Waals surface area (Å²) in [6, 6.07) is 3.15. The molecule has 4 heterocycles. The van der Waals surface area contributed by atoms with E-state index in [1.54, 1.807) is 23.0 Å². The number of aromatic amines is 1. The van der Waals surface area contributed by atoms with Crippen molar-refractivity contribution in [1.82, 2.24) is 29.5 Å². The lowest BCUT2D eigenvalue weighted by Crippen LogP contribution is -2.40. The second-order valence-electron chi connectivity index (χ2n) is 6.96. The van der Waals surface area contributed by atoms with E-state index in [2.05, 4.69) is 20.1 Å². The molecule has 0 radical (unpaired) electrons. The highest BCUT2D eigenvalue weighted by atomic mass is 16.2. The first kappa shape index (κ1) is 17.4. The Morgan fingerprint density at radius 3 is 2.81 bits per heavy atom. The van der Waals surface area contributed by atoms with Crippen molar-refractivity contribution < 1.29 is 4.79 Å². The van der Waals surface area contributed by atoms with E-state index in [1.165, 1.54) is 6.07 Å². The molecule has 1 aliphatic heterocycles. The molecule has 1 aliphatic rings. The summed E-state index contributed by atoms with van der Waals surface area (Å²) < 4.78 is 1.64. The molecule has 8 heteroatoms. The van der Waals surface area contributed by atoms with Gasteiger partial charge in [-0.25, -0.2) is 19.5 Å². The largest absolute Gasteiger partial charge is 0.332 e.